The van der Waals surface area contributed by atoms with Crippen molar-refractivity contribution in [3.63, 3.8) is 0 Å². The van der Waals surface area contributed by atoms with Gasteiger partial charge in [-0.15, -0.1) is 0 Å². The Morgan fingerprint density at radius 1 is 0.774 bits per heavy atom. The van der Waals surface area contributed by atoms with Gasteiger partial charge in [0.1, 0.15) is 0 Å². The van der Waals surface area contributed by atoms with E-state index in [9.17, 15) is 31.5 Å². The van der Waals surface area contributed by atoms with Crippen molar-refractivity contribution in [2.24, 2.45) is 0 Å². The summed E-state index contributed by atoms with van der Waals surface area (Å²) in [6.07, 6.45) is 1.33. The van der Waals surface area contributed by atoms with Gasteiger partial charge in [-0.05, 0) is 26.7 Å². The third-order valence-corrected chi connectivity index (χ3v) is 4.09. The van der Waals surface area contributed by atoms with Gasteiger partial charge in [-0.25, -0.2) is 13.2 Å². The third kappa shape index (κ3) is 8.78. The Morgan fingerprint density at radius 3 is 1.77 bits per heavy atom. The van der Waals surface area contributed by atoms with Crippen LogP contribution in [0.15, 0.2) is 0 Å². The van der Waals surface area contributed by atoms with Crippen molar-refractivity contribution >= 4 is 11.9 Å². The van der Waals surface area contributed by atoms with E-state index >= 15 is 0 Å². The largest absolute Gasteiger partial charge is 0.420 e. The average molecular weight is 455 g/mol. The molecule has 0 aliphatic carbocycles. The summed E-state index contributed by atoms with van der Waals surface area (Å²) in [7, 11) is 0. The van der Waals surface area contributed by atoms with Crippen LogP contribution >= 0.6 is 0 Å². The average Bonchev–Trinajstić information content (AvgIpc) is 2.75. The van der Waals surface area contributed by atoms with E-state index in [0.29, 0.717) is 32.5 Å². The molecule has 1 aromatic carbocycles. The van der Waals surface area contributed by atoms with Crippen molar-refractivity contribution in [2.45, 2.75) is 58.7 Å². The van der Waals surface area contributed by atoms with Gasteiger partial charge in [0.25, 0.3) is 0 Å². The number of rotatable bonds is 14. The standard InChI is InChI=1S/C20H26F5NO5/c1-3-29-14(30-4-2)11-26-12(27)9-7-5-6-8-10-13(28)31-20-18(24)16(22)15(21)17(23)19(20)25/h14H,3-11H2,1-2H3,(H,26,27). The Labute approximate surface area is 177 Å². The molecule has 0 radical (unpaired) electrons. The second kappa shape index (κ2) is 13.9. The Kier molecular flexibility index (Phi) is 12.0. The van der Waals surface area contributed by atoms with Crippen LogP contribution in [-0.2, 0) is 19.1 Å². The SMILES string of the molecule is CCOC(CNC(=O)CCCCCCC(=O)Oc1c(F)c(F)c(F)c(F)c1F)OCC. The van der Waals surface area contributed by atoms with E-state index < -0.39 is 47.1 Å². The molecule has 176 valence electrons. The molecule has 1 aromatic rings. The highest BCUT2D eigenvalue weighted by Crippen LogP contribution is 2.29. The first-order valence-electron chi connectivity index (χ1n) is 9.94. The second-order valence-electron chi connectivity index (χ2n) is 6.43. The van der Waals surface area contributed by atoms with E-state index in [1.54, 1.807) is 0 Å². The first kappa shape index (κ1) is 26.8. The van der Waals surface area contributed by atoms with Crippen LogP contribution in [0.5, 0.6) is 5.75 Å². The minimum Gasteiger partial charge on any atom is -0.420 e. The number of unbranched alkanes of at least 4 members (excludes halogenated alkanes) is 3. The monoisotopic (exact) mass is 455 g/mol. The number of esters is 1. The number of halogens is 5. The summed E-state index contributed by atoms with van der Waals surface area (Å²) in [4.78, 5) is 23.4. The summed E-state index contributed by atoms with van der Waals surface area (Å²) in [5.41, 5.74) is 0. The Hall–Kier alpha value is -2.27. The summed E-state index contributed by atoms with van der Waals surface area (Å²) < 4.78 is 81.0. The maximum absolute atomic E-state index is 13.5. The van der Waals surface area contributed by atoms with Gasteiger partial charge in [0.15, 0.2) is 6.29 Å². The van der Waals surface area contributed by atoms with Gasteiger partial charge in [0, 0.05) is 26.1 Å². The molecule has 0 heterocycles. The van der Waals surface area contributed by atoms with Gasteiger partial charge >= 0.3 is 5.97 Å². The molecule has 0 aromatic heterocycles. The maximum atomic E-state index is 13.5. The Morgan fingerprint density at radius 2 is 1.26 bits per heavy atom. The molecular weight excluding hydrogens is 429 g/mol. The van der Waals surface area contributed by atoms with E-state index in [1.165, 1.54) is 0 Å². The van der Waals surface area contributed by atoms with Gasteiger partial charge in [-0.2, -0.15) is 8.78 Å². The summed E-state index contributed by atoms with van der Waals surface area (Å²) in [5, 5.41) is 2.69. The fourth-order valence-electron chi connectivity index (χ4n) is 2.57. The van der Waals surface area contributed by atoms with E-state index in [-0.39, 0.29) is 31.7 Å². The van der Waals surface area contributed by atoms with Crippen LogP contribution in [0.25, 0.3) is 0 Å². The third-order valence-electron chi connectivity index (χ3n) is 4.09. The Balaban J connectivity index is 2.28. The topological polar surface area (TPSA) is 73.9 Å². The highest BCUT2D eigenvalue weighted by molar-refractivity contribution is 5.75. The van der Waals surface area contributed by atoms with Gasteiger partial charge in [-0.3, -0.25) is 9.59 Å². The van der Waals surface area contributed by atoms with Crippen LogP contribution in [-0.4, -0.2) is 37.9 Å². The summed E-state index contributed by atoms with van der Waals surface area (Å²) in [6.45, 7) is 4.75. The predicted octanol–water partition coefficient (Wildman–Crippen LogP) is 4.14. The molecule has 0 aliphatic heterocycles. The van der Waals surface area contributed by atoms with Crippen LogP contribution < -0.4 is 10.1 Å². The molecule has 0 fully saturated rings. The highest BCUT2D eigenvalue weighted by Gasteiger charge is 2.28. The maximum Gasteiger partial charge on any atom is 0.311 e. The first-order valence-corrected chi connectivity index (χ1v) is 9.94. The lowest BCUT2D eigenvalue weighted by Gasteiger charge is -2.17. The van der Waals surface area contributed by atoms with E-state index in [0.717, 1.165) is 0 Å². The number of carbonyl (C=O) groups is 2. The molecule has 0 spiro atoms. The molecule has 6 nitrogen and oxygen atoms in total. The van der Waals surface area contributed by atoms with E-state index in [4.69, 9.17) is 9.47 Å². The number of benzene rings is 1. The molecule has 0 saturated heterocycles. The van der Waals surface area contributed by atoms with Crippen LogP contribution in [0.3, 0.4) is 0 Å². The normalized spacial score (nSPS) is 11.1. The van der Waals surface area contributed by atoms with E-state index in [1.807, 2.05) is 13.8 Å². The van der Waals surface area contributed by atoms with Crippen LogP contribution in [0.2, 0.25) is 0 Å². The number of hydrogen-bond acceptors (Lipinski definition) is 5. The van der Waals surface area contributed by atoms with Crippen molar-refractivity contribution < 1.29 is 45.8 Å². The van der Waals surface area contributed by atoms with Gasteiger partial charge in [-0.1, -0.05) is 12.8 Å². The summed E-state index contributed by atoms with van der Waals surface area (Å²) in [5.74, 6) is -14.0. The van der Waals surface area contributed by atoms with Gasteiger partial charge in [0.2, 0.25) is 40.7 Å². The van der Waals surface area contributed by atoms with Crippen molar-refractivity contribution in [3.05, 3.63) is 29.1 Å². The fraction of sp³-hybridized carbons (Fsp3) is 0.600. The highest BCUT2D eigenvalue weighted by atomic mass is 19.2. The molecule has 0 unspecified atom stereocenters. The van der Waals surface area contributed by atoms with Crippen molar-refractivity contribution in [1.82, 2.24) is 5.32 Å². The number of carbonyl (C=O) groups excluding carboxylic acids is 2. The second-order valence-corrected chi connectivity index (χ2v) is 6.43. The minimum absolute atomic E-state index is 0.185. The first-order chi connectivity index (χ1) is 14.7. The number of ether oxygens (including phenoxy) is 3. The summed E-state index contributed by atoms with van der Waals surface area (Å²) >= 11 is 0. The lowest BCUT2D eigenvalue weighted by Crippen LogP contribution is -2.35. The zero-order chi connectivity index (χ0) is 23.4. The van der Waals surface area contributed by atoms with Crippen molar-refractivity contribution in [1.29, 1.82) is 0 Å². The lowest BCUT2D eigenvalue weighted by molar-refractivity contribution is -0.140. The smallest absolute Gasteiger partial charge is 0.311 e. The number of nitrogens with one attached hydrogen (secondary N) is 1. The van der Waals surface area contributed by atoms with Crippen LogP contribution in [0.4, 0.5) is 22.0 Å². The number of amides is 1. The molecule has 11 heteroatoms. The number of hydrogen-bond donors (Lipinski definition) is 1. The minimum atomic E-state index is -2.33. The molecule has 1 N–H and O–H groups in total. The molecule has 0 aliphatic rings. The molecule has 31 heavy (non-hydrogen) atoms. The van der Waals surface area contributed by atoms with Crippen molar-refractivity contribution in [3.8, 4) is 5.75 Å². The van der Waals surface area contributed by atoms with Gasteiger partial charge in [0.05, 0.1) is 6.54 Å². The fourth-order valence-corrected chi connectivity index (χ4v) is 2.57. The lowest BCUT2D eigenvalue weighted by atomic mass is 10.1. The molecule has 0 bridgehead atoms. The quantitative estimate of drug-likeness (QED) is 0.0868. The molecule has 1 rings (SSSR count). The summed E-state index contributed by atoms with van der Waals surface area (Å²) in [6, 6.07) is 0. The van der Waals surface area contributed by atoms with Gasteiger partial charge < -0.3 is 19.5 Å². The zero-order valence-electron chi connectivity index (χ0n) is 17.4. The van der Waals surface area contributed by atoms with Crippen LogP contribution in [0, 0.1) is 29.1 Å². The van der Waals surface area contributed by atoms with Crippen molar-refractivity contribution in [2.75, 3.05) is 19.8 Å². The predicted molar refractivity (Wildman–Crippen MR) is 99.6 cm³/mol. The zero-order valence-corrected chi connectivity index (χ0v) is 17.4. The van der Waals surface area contributed by atoms with E-state index in [2.05, 4.69) is 10.1 Å². The molecular formula is C20H26F5NO5. The molecule has 0 atom stereocenters. The Bertz CT molecular complexity index is 712. The molecule has 1 amide bonds. The molecule has 0 saturated carbocycles. The van der Waals surface area contributed by atoms with Crippen LogP contribution in [0.1, 0.15) is 52.4 Å².